The van der Waals surface area contributed by atoms with Gasteiger partial charge < -0.3 is 9.84 Å². The monoisotopic (exact) mass is 297 g/mol. The van der Waals surface area contributed by atoms with Crippen molar-refractivity contribution in [3.63, 3.8) is 0 Å². The average Bonchev–Trinajstić information content (AvgIpc) is 2.80. The molecule has 0 aliphatic carbocycles. The summed E-state index contributed by atoms with van der Waals surface area (Å²) in [5.74, 6) is 0.533. The maximum Gasteiger partial charge on any atom is 0.281 e. The first-order chi connectivity index (χ1) is 9.47. The van der Waals surface area contributed by atoms with E-state index in [-0.39, 0.29) is 10.6 Å². The van der Waals surface area contributed by atoms with E-state index in [4.69, 9.17) is 4.74 Å². The lowest BCUT2D eigenvalue weighted by Crippen LogP contribution is -2.15. The SMILES string of the molecule is COc1cccc(NS(=O)(=O)c2n[nH]c(C)c2CO)c1. The first-order valence-corrected chi connectivity index (χ1v) is 7.28. The number of aliphatic hydroxyl groups is 1. The van der Waals surface area contributed by atoms with Crippen molar-refractivity contribution >= 4 is 15.7 Å². The van der Waals surface area contributed by atoms with Crippen molar-refractivity contribution in [3.8, 4) is 5.75 Å². The average molecular weight is 297 g/mol. The van der Waals surface area contributed by atoms with Gasteiger partial charge >= 0.3 is 0 Å². The zero-order valence-corrected chi connectivity index (χ0v) is 11.9. The van der Waals surface area contributed by atoms with Crippen molar-refractivity contribution in [2.24, 2.45) is 0 Å². The van der Waals surface area contributed by atoms with Crippen molar-refractivity contribution in [1.82, 2.24) is 10.2 Å². The minimum Gasteiger partial charge on any atom is -0.497 e. The molecule has 1 heterocycles. The minimum absolute atomic E-state index is 0.208. The van der Waals surface area contributed by atoms with E-state index in [2.05, 4.69) is 14.9 Å². The third kappa shape index (κ3) is 2.75. The number of aromatic nitrogens is 2. The van der Waals surface area contributed by atoms with Gasteiger partial charge in [-0.1, -0.05) is 6.07 Å². The van der Waals surface area contributed by atoms with E-state index in [1.54, 1.807) is 31.2 Å². The molecule has 0 radical (unpaired) electrons. The van der Waals surface area contributed by atoms with Crippen LogP contribution in [0.25, 0.3) is 0 Å². The molecule has 2 rings (SSSR count). The highest BCUT2D eigenvalue weighted by atomic mass is 32.2. The fraction of sp³-hybridized carbons (Fsp3) is 0.250. The van der Waals surface area contributed by atoms with Crippen molar-refractivity contribution in [3.05, 3.63) is 35.5 Å². The Bertz CT molecular complexity index is 709. The molecule has 3 N–H and O–H groups in total. The molecule has 1 aromatic carbocycles. The highest BCUT2D eigenvalue weighted by molar-refractivity contribution is 7.92. The van der Waals surface area contributed by atoms with E-state index in [1.807, 2.05) is 0 Å². The second-order valence-corrected chi connectivity index (χ2v) is 5.73. The van der Waals surface area contributed by atoms with E-state index in [0.29, 0.717) is 17.1 Å². The fourth-order valence-corrected chi connectivity index (χ4v) is 2.97. The Morgan fingerprint density at radius 3 is 2.85 bits per heavy atom. The number of aryl methyl sites for hydroxylation is 1. The lowest BCUT2D eigenvalue weighted by molar-refractivity contribution is 0.277. The summed E-state index contributed by atoms with van der Waals surface area (Å²) in [7, 11) is -2.37. The summed E-state index contributed by atoms with van der Waals surface area (Å²) in [4.78, 5) is 0. The molecule has 0 aliphatic rings. The molecule has 0 amide bonds. The van der Waals surface area contributed by atoms with Gasteiger partial charge in [0.05, 0.1) is 19.4 Å². The topological polar surface area (TPSA) is 104 Å². The zero-order valence-electron chi connectivity index (χ0n) is 11.0. The molecule has 8 heteroatoms. The predicted octanol–water partition coefficient (Wildman–Crippen LogP) is 1.02. The molecular formula is C12H15N3O4S. The van der Waals surface area contributed by atoms with E-state index in [0.717, 1.165) is 0 Å². The number of aromatic amines is 1. The Kier molecular flexibility index (Phi) is 3.96. The lowest BCUT2D eigenvalue weighted by Gasteiger charge is -2.08. The van der Waals surface area contributed by atoms with Gasteiger partial charge in [0.15, 0.2) is 0 Å². The maximum atomic E-state index is 12.2. The summed E-state index contributed by atoms with van der Waals surface area (Å²) in [6.07, 6.45) is 0. The molecule has 0 atom stereocenters. The fourth-order valence-electron chi connectivity index (χ4n) is 1.73. The number of hydrogen-bond donors (Lipinski definition) is 3. The third-order valence-electron chi connectivity index (χ3n) is 2.77. The van der Waals surface area contributed by atoms with Crippen LogP contribution < -0.4 is 9.46 Å². The third-order valence-corrected chi connectivity index (χ3v) is 4.12. The molecule has 0 bridgehead atoms. The number of sulfonamides is 1. The minimum atomic E-state index is -3.87. The summed E-state index contributed by atoms with van der Waals surface area (Å²) < 4.78 is 31.9. The highest BCUT2D eigenvalue weighted by Gasteiger charge is 2.23. The van der Waals surface area contributed by atoms with Crippen LogP contribution in [0.15, 0.2) is 29.3 Å². The highest BCUT2D eigenvalue weighted by Crippen LogP contribution is 2.22. The van der Waals surface area contributed by atoms with Gasteiger partial charge in [-0.25, -0.2) is 0 Å². The van der Waals surface area contributed by atoms with Gasteiger partial charge in [-0.3, -0.25) is 9.82 Å². The number of ether oxygens (including phenoxy) is 1. The van der Waals surface area contributed by atoms with E-state index in [1.165, 1.54) is 7.11 Å². The molecule has 0 saturated heterocycles. The van der Waals surface area contributed by atoms with Crippen LogP contribution in [0, 0.1) is 6.92 Å². The number of aliphatic hydroxyl groups excluding tert-OH is 1. The van der Waals surface area contributed by atoms with Crippen LogP contribution in [0.4, 0.5) is 5.69 Å². The summed E-state index contributed by atoms with van der Waals surface area (Å²) >= 11 is 0. The van der Waals surface area contributed by atoms with Crippen molar-refractivity contribution in [2.45, 2.75) is 18.6 Å². The van der Waals surface area contributed by atoms with Crippen LogP contribution >= 0.6 is 0 Å². The summed E-state index contributed by atoms with van der Waals surface area (Å²) in [5, 5.41) is 15.3. The number of methoxy groups -OCH3 is 1. The second-order valence-electron chi connectivity index (χ2n) is 4.13. The molecule has 20 heavy (non-hydrogen) atoms. The van der Waals surface area contributed by atoms with Crippen LogP contribution in [-0.2, 0) is 16.6 Å². The number of hydrogen-bond acceptors (Lipinski definition) is 5. The summed E-state index contributed by atoms with van der Waals surface area (Å²) in [6.45, 7) is 1.24. The Balaban J connectivity index is 2.35. The van der Waals surface area contributed by atoms with Gasteiger partial charge in [0, 0.05) is 17.3 Å². The van der Waals surface area contributed by atoms with Gasteiger partial charge in [-0.05, 0) is 19.1 Å². The molecule has 1 aromatic heterocycles. The molecule has 0 saturated carbocycles. The molecule has 108 valence electrons. The lowest BCUT2D eigenvalue weighted by atomic mass is 10.3. The zero-order chi connectivity index (χ0) is 14.8. The molecule has 0 unspecified atom stereocenters. The smallest absolute Gasteiger partial charge is 0.281 e. The van der Waals surface area contributed by atoms with Crippen molar-refractivity contribution in [2.75, 3.05) is 11.8 Å². The van der Waals surface area contributed by atoms with Crippen molar-refractivity contribution in [1.29, 1.82) is 0 Å². The normalized spacial score (nSPS) is 11.3. The predicted molar refractivity (Wildman–Crippen MR) is 73.1 cm³/mol. The van der Waals surface area contributed by atoms with Crippen LogP contribution in [0.3, 0.4) is 0 Å². The molecular weight excluding hydrogens is 282 g/mol. The van der Waals surface area contributed by atoms with Gasteiger partial charge in [0.25, 0.3) is 10.0 Å². The number of nitrogens with zero attached hydrogens (tertiary/aromatic N) is 1. The second kappa shape index (κ2) is 5.51. The van der Waals surface area contributed by atoms with Gasteiger partial charge in [-0.2, -0.15) is 13.5 Å². The Morgan fingerprint density at radius 2 is 2.20 bits per heavy atom. The molecule has 0 aliphatic heterocycles. The number of benzene rings is 1. The van der Waals surface area contributed by atoms with E-state index < -0.39 is 16.6 Å². The first kappa shape index (κ1) is 14.4. The maximum absolute atomic E-state index is 12.2. The number of anilines is 1. The Hall–Kier alpha value is -2.06. The molecule has 7 nitrogen and oxygen atoms in total. The molecule has 0 spiro atoms. The first-order valence-electron chi connectivity index (χ1n) is 5.79. The van der Waals surface area contributed by atoms with Crippen LogP contribution in [0.1, 0.15) is 11.3 Å². The van der Waals surface area contributed by atoms with Gasteiger partial charge in [-0.15, -0.1) is 0 Å². The largest absolute Gasteiger partial charge is 0.497 e. The number of rotatable bonds is 5. The Morgan fingerprint density at radius 1 is 1.45 bits per heavy atom. The molecule has 2 aromatic rings. The van der Waals surface area contributed by atoms with E-state index >= 15 is 0 Å². The summed E-state index contributed by atoms with van der Waals surface area (Å²) in [6, 6.07) is 6.52. The van der Waals surface area contributed by atoms with Crippen LogP contribution in [-0.4, -0.2) is 30.8 Å². The van der Waals surface area contributed by atoms with Crippen LogP contribution in [0.2, 0.25) is 0 Å². The molecule has 0 fully saturated rings. The van der Waals surface area contributed by atoms with E-state index in [9.17, 15) is 13.5 Å². The summed E-state index contributed by atoms with van der Waals surface area (Å²) in [5.41, 5.74) is 1.12. The number of nitrogens with one attached hydrogen (secondary N) is 2. The van der Waals surface area contributed by atoms with Gasteiger partial charge in [0.2, 0.25) is 5.03 Å². The van der Waals surface area contributed by atoms with Gasteiger partial charge in [0.1, 0.15) is 5.75 Å². The number of H-pyrrole nitrogens is 1. The standard InChI is InChI=1S/C12H15N3O4S/c1-8-11(7-16)12(14-13-8)20(17,18)15-9-4-3-5-10(6-9)19-2/h3-6,15-16H,7H2,1-2H3,(H,13,14). The van der Waals surface area contributed by atoms with Crippen molar-refractivity contribution < 1.29 is 18.3 Å². The van der Waals surface area contributed by atoms with Crippen LogP contribution in [0.5, 0.6) is 5.75 Å². The quantitative estimate of drug-likeness (QED) is 0.764. The Labute approximate surface area is 116 Å².